The van der Waals surface area contributed by atoms with E-state index in [0.29, 0.717) is 19.0 Å². The van der Waals surface area contributed by atoms with Crippen LogP contribution in [0, 0.1) is 13.8 Å². The number of likely N-dealkylation sites (tertiary alicyclic amines) is 1. The molecule has 0 spiro atoms. The van der Waals surface area contributed by atoms with Gasteiger partial charge >= 0.3 is 0 Å². The van der Waals surface area contributed by atoms with Crippen LogP contribution >= 0.6 is 0 Å². The first kappa shape index (κ1) is 21.8. The van der Waals surface area contributed by atoms with Crippen molar-refractivity contribution in [2.75, 3.05) is 38.7 Å². The van der Waals surface area contributed by atoms with Gasteiger partial charge < -0.3 is 14.5 Å². The number of hydrogen-bond acceptors (Lipinski definition) is 6. The number of ether oxygens (including phenoxy) is 1. The highest BCUT2D eigenvalue weighted by Crippen LogP contribution is 2.34. The molecular weight excluding hydrogens is 404 g/mol. The summed E-state index contributed by atoms with van der Waals surface area (Å²) in [6.07, 6.45) is 6.51. The summed E-state index contributed by atoms with van der Waals surface area (Å²) in [6.45, 7) is 5.34. The van der Waals surface area contributed by atoms with Gasteiger partial charge in [-0.2, -0.15) is 5.10 Å². The van der Waals surface area contributed by atoms with Gasteiger partial charge in [0.1, 0.15) is 5.75 Å². The SMILES string of the molecule is Cc1cccc(C)c1OCC(=O)N1CC[C@@H](c2nc(N(C)C)ncc2-c2cnn(C)c2)C1. The van der Waals surface area contributed by atoms with Crippen molar-refractivity contribution in [1.29, 1.82) is 0 Å². The van der Waals surface area contributed by atoms with E-state index in [9.17, 15) is 4.79 Å². The predicted octanol–water partition coefficient (Wildman–Crippen LogP) is 2.95. The summed E-state index contributed by atoms with van der Waals surface area (Å²) in [4.78, 5) is 26.0. The van der Waals surface area contributed by atoms with E-state index < -0.39 is 0 Å². The zero-order valence-corrected chi connectivity index (χ0v) is 19.4. The molecule has 1 fully saturated rings. The zero-order chi connectivity index (χ0) is 22.8. The smallest absolute Gasteiger partial charge is 0.260 e. The lowest BCUT2D eigenvalue weighted by Gasteiger charge is -2.20. The van der Waals surface area contributed by atoms with E-state index in [1.54, 1.807) is 4.68 Å². The molecule has 2 aromatic heterocycles. The number of carbonyl (C=O) groups is 1. The standard InChI is InChI=1S/C24H30N6O2/c1-16-7-6-8-17(2)23(16)32-15-21(31)30-10-9-18(14-30)22-20(19-11-26-29(5)13-19)12-25-24(27-22)28(3)4/h6-8,11-13,18H,9-10,14-15H2,1-5H3/t18-/m1/s1. The summed E-state index contributed by atoms with van der Waals surface area (Å²) >= 11 is 0. The maximum atomic E-state index is 12.9. The molecule has 32 heavy (non-hydrogen) atoms. The lowest BCUT2D eigenvalue weighted by Crippen LogP contribution is -2.33. The number of aryl methyl sites for hydroxylation is 3. The average Bonchev–Trinajstić information content (AvgIpc) is 3.42. The monoisotopic (exact) mass is 434 g/mol. The van der Waals surface area contributed by atoms with E-state index in [0.717, 1.165) is 40.1 Å². The Morgan fingerprint density at radius 1 is 1.22 bits per heavy atom. The Morgan fingerprint density at radius 3 is 2.62 bits per heavy atom. The second-order valence-electron chi connectivity index (χ2n) is 8.60. The Hall–Kier alpha value is -3.42. The van der Waals surface area contributed by atoms with Crippen molar-refractivity contribution >= 4 is 11.9 Å². The van der Waals surface area contributed by atoms with E-state index in [4.69, 9.17) is 9.72 Å². The van der Waals surface area contributed by atoms with Gasteiger partial charge in [-0.3, -0.25) is 9.48 Å². The van der Waals surface area contributed by atoms with Gasteiger partial charge in [0.15, 0.2) is 6.61 Å². The number of aromatic nitrogens is 4. The first-order valence-electron chi connectivity index (χ1n) is 10.8. The lowest BCUT2D eigenvalue weighted by molar-refractivity contribution is -0.132. The van der Waals surface area contributed by atoms with E-state index in [2.05, 4.69) is 10.1 Å². The van der Waals surface area contributed by atoms with Crippen molar-refractivity contribution in [2.45, 2.75) is 26.2 Å². The molecule has 0 unspecified atom stereocenters. The number of nitrogens with zero attached hydrogens (tertiary/aromatic N) is 6. The molecule has 0 N–H and O–H groups in total. The molecule has 4 rings (SSSR count). The average molecular weight is 435 g/mol. The molecule has 1 aliphatic rings. The fourth-order valence-electron chi connectivity index (χ4n) is 4.16. The van der Waals surface area contributed by atoms with Crippen LogP contribution in [0.5, 0.6) is 5.75 Å². The van der Waals surface area contributed by atoms with Crippen molar-refractivity contribution in [1.82, 2.24) is 24.6 Å². The highest BCUT2D eigenvalue weighted by molar-refractivity contribution is 5.78. The number of para-hydroxylation sites is 1. The molecule has 168 valence electrons. The number of anilines is 1. The molecule has 1 saturated heterocycles. The van der Waals surface area contributed by atoms with Crippen molar-refractivity contribution in [3.8, 4) is 16.9 Å². The van der Waals surface area contributed by atoms with Gasteiger partial charge in [-0.1, -0.05) is 18.2 Å². The number of rotatable bonds is 6. The highest BCUT2D eigenvalue weighted by atomic mass is 16.5. The Bertz CT molecular complexity index is 1100. The van der Waals surface area contributed by atoms with Gasteiger partial charge in [-0.05, 0) is 31.4 Å². The van der Waals surface area contributed by atoms with Gasteiger partial charge in [0.2, 0.25) is 5.95 Å². The van der Waals surface area contributed by atoms with Gasteiger partial charge in [0, 0.05) is 63.7 Å². The van der Waals surface area contributed by atoms with Crippen LogP contribution in [0.25, 0.3) is 11.1 Å². The first-order valence-corrected chi connectivity index (χ1v) is 10.8. The van der Waals surface area contributed by atoms with Crippen LogP contribution in [0.15, 0.2) is 36.8 Å². The summed E-state index contributed by atoms with van der Waals surface area (Å²) in [7, 11) is 5.75. The maximum Gasteiger partial charge on any atom is 0.260 e. The van der Waals surface area contributed by atoms with Crippen molar-refractivity contribution in [3.05, 3.63) is 53.6 Å². The quantitative estimate of drug-likeness (QED) is 0.594. The van der Waals surface area contributed by atoms with E-state index in [-0.39, 0.29) is 18.4 Å². The second-order valence-corrected chi connectivity index (χ2v) is 8.60. The van der Waals surface area contributed by atoms with E-state index in [1.165, 1.54) is 0 Å². The summed E-state index contributed by atoms with van der Waals surface area (Å²) in [5.41, 5.74) is 4.99. The lowest BCUT2D eigenvalue weighted by atomic mass is 9.97. The Balaban J connectivity index is 1.51. The minimum absolute atomic E-state index is 0.0000278. The molecule has 1 atom stereocenters. The third-order valence-electron chi connectivity index (χ3n) is 5.90. The molecule has 8 nitrogen and oxygen atoms in total. The molecule has 3 aromatic rings. The molecule has 0 radical (unpaired) electrons. The van der Waals surface area contributed by atoms with Gasteiger partial charge in [-0.25, -0.2) is 9.97 Å². The van der Waals surface area contributed by atoms with Crippen LogP contribution in [0.2, 0.25) is 0 Å². The largest absolute Gasteiger partial charge is 0.483 e. The third kappa shape index (κ3) is 4.44. The van der Waals surface area contributed by atoms with Crippen LogP contribution in [-0.2, 0) is 11.8 Å². The molecule has 0 aliphatic carbocycles. The molecule has 8 heteroatoms. The fraction of sp³-hybridized carbons (Fsp3) is 0.417. The van der Waals surface area contributed by atoms with E-state index in [1.807, 2.05) is 81.6 Å². The molecule has 3 heterocycles. The van der Waals surface area contributed by atoms with Crippen LogP contribution in [-0.4, -0.2) is 64.3 Å². The maximum absolute atomic E-state index is 12.9. The Labute approximate surface area is 188 Å². The van der Waals surface area contributed by atoms with Crippen LogP contribution in [0.4, 0.5) is 5.95 Å². The predicted molar refractivity (Wildman–Crippen MR) is 124 cm³/mol. The minimum atomic E-state index is -0.0000278. The molecule has 1 aromatic carbocycles. The number of hydrogen-bond donors (Lipinski definition) is 0. The van der Waals surface area contributed by atoms with Gasteiger partial charge in [-0.15, -0.1) is 0 Å². The summed E-state index contributed by atoms with van der Waals surface area (Å²) in [5, 5.41) is 4.30. The summed E-state index contributed by atoms with van der Waals surface area (Å²) in [6, 6.07) is 5.99. The van der Waals surface area contributed by atoms with Gasteiger partial charge in [0.05, 0.1) is 11.9 Å². The number of carbonyl (C=O) groups excluding carboxylic acids is 1. The fourth-order valence-corrected chi connectivity index (χ4v) is 4.16. The number of benzene rings is 1. The zero-order valence-electron chi connectivity index (χ0n) is 19.4. The first-order chi connectivity index (χ1) is 15.3. The topological polar surface area (TPSA) is 76.4 Å². The Kier molecular flexibility index (Phi) is 6.12. The highest BCUT2D eigenvalue weighted by Gasteiger charge is 2.31. The molecule has 1 amide bonds. The molecule has 0 bridgehead atoms. The van der Waals surface area contributed by atoms with E-state index >= 15 is 0 Å². The molecule has 1 aliphatic heterocycles. The molecular formula is C24H30N6O2. The third-order valence-corrected chi connectivity index (χ3v) is 5.90. The van der Waals surface area contributed by atoms with Crippen molar-refractivity contribution in [3.63, 3.8) is 0 Å². The van der Waals surface area contributed by atoms with Crippen molar-refractivity contribution < 1.29 is 9.53 Å². The normalized spacial score (nSPS) is 15.8. The summed E-state index contributed by atoms with van der Waals surface area (Å²) < 4.78 is 7.67. The van der Waals surface area contributed by atoms with Crippen molar-refractivity contribution in [2.24, 2.45) is 7.05 Å². The van der Waals surface area contributed by atoms with Gasteiger partial charge in [0.25, 0.3) is 5.91 Å². The Morgan fingerprint density at radius 2 is 1.97 bits per heavy atom. The minimum Gasteiger partial charge on any atom is -0.483 e. The van der Waals surface area contributed by atoms with Crippen LogP contribution < -0.4 is 9.64 Å². The van der Waals surface area contributed by atoms with Crippen LogP contribution in [0.1, 0.15) is 29.2 Å². The second kappa shape index (κ2) is 8.98. The number of amides is 1. The van der Waals surface area contributed by atoms with Crippen LogP contribution in [0.3, 0.4) is 0 Å². The summed E-state index contributed by atoms with van der Waals surface area (Å²) in [5.74, 6) is 1.59. The molecule has 0 saturated carbocycles.